The van der Waals surface area contributed by atoms with Crippen LogP contribution in [0.15, 0.2) is 35.1 Å². The fourth-order valence-corrected chi connectivity index (χ4v) is 3.72. The van der Waals surface area contributed by atoms with E-state index in [0.29, 0.717) is 43.3 Å². The van der Waals surface area contributed by atoms with E-state index in [4.69, 9.17) is 9.26 Å². The fraction of sp³-hybridized carbons (Fsp3) is 0.364. The standard InChI is InChI=1S/C22H24FN5O3/c1-14-18(15(2)31-26-14)12-19(29)27-8-10-28(11-9-27)22-20(23)21(24-13-25-22)16-4-6-17(30-3)7-5-16/h4-7,13H,8-12H2,1-3H3. The molecule has 0 atom stereocenters. The number of rotatable bonds is 5. The minimum atomic E-state index is -0.469. The summed E-state index contributed by atoms with van der Waals surface area (Å²) in [5.41, 5.74) is 2.46. The van der Waals surface area contributed by atoms with Crippen molar-refractivity contribution in [2.24, 2.45) is 0 Å². The second-order valence-electron chi connectivity index (χ2n) is 7.44. The highest BCUT2D eigenvalue weighted by Crippen LogP contribution is 2.28. The number of nitrogens with zero attached hydrogens (tertiary/aromatic N) is 5. The molecule has 0 N–H and O–H groups in total. The van der Waals surface area contributed by atoms with Gasteiger partial charge in [-0.25, -0.2) is 14.4 Å². The van der Waals surface area contributed by atoms with E-state index in [1.165, 1.54) is 6.33 Å². The van der Waals surface area contributed by atoms with Gasteiger partial charge in [-0.3, -0.25) is 4.79 Å². The van der Waals surface area contributed by atoms with Crippen LogP contribution < -0.4 is 9.64 Å². The van der Waals surface area contributed by atoms with E-state index in [-0.39, 0.29) is 23.8 Å². The summed E-state index contributed by atoms with van der Waals surface area (Å²) < 4.78 is 25.5. The molecule has 1 saturated heterocycles. The lowest BCUT2D eigenvalue weighted by Crippen LogP contribution is -2.49. The maximum absolute atomic E-state index is 15.2. The van der Waals surface area contributed by atoms with Gasteiger partial charge in [0.2, 0.25) is 5.91 Å². The Balaban J connectivity index is 1.44. The van der Waals surface area contributed by atoms with Crippen LogP contribution in [-0.2, 0) is 11.2 Å². The van der Waals surface area contributed by atoms with Crippen LogP contribution in [0.3, 0.4) is 0 Å². The average molecular weight is 425 g/mol. The van der Waals surface area contributed by atoms with Crippen LogP contribution >= 0.6 is 0 Å². The van der Waals surface area contributed by atoms with Crippen LogP contribution in [0.4, 0.5) is 10.2 Å². The summed E-state index contributed by atoms with van der Waals surface area (Å²) in [6.07, 6.45) is 1.62. The lowest BCUT2D eigenvalue weighted by atomic mass is 10.1. The number of aryl methyl sites for hydroxylation is 2. The van der Waals surface area contributed by atoms with Crippen LogP contribution in [0.1, 0.15) is 17.0 Å². The average Bonchev–Trinajstić information content (AvgIpc) is 3.11. The molecule has 0 aliphatic carbocycles. The van der Waals surface area contributed by atoms with Crippen molar-refractivity contribution < 1.29 is 18.4 Å². The Morgan fingerprint density at radius 1 is 1.13 bits per heavy atom. The lowest BCUT2D eigenvalue weighted by Gasteiger charge is -2.35. The molecule has 1 aliphatic rings. The molecule has 9 heteroatoms. The van der Waals surface area contributed by atoms with Crippen LogP contribution in [0.25, 0.3) is 11.3 Å². The Bertz CT molecular complexity index is 1060. The molecule has 3 aromatic rings. The van der Waals surface area contributed by atoms with Crippen LogP contribution in [-0.4, -0.2) is 59.2 Å². The number of piperazine rings is 1. The summed E-state index contributed by atoms with van der Waals surface area (Å²) in [5.74, 6) is 1.15. The Kier molecular flexibility index (Phi) is 5.83. The predicted octanol–water partition coefficient (Wildman–Crippen LogP) is 2.79. The molecule has 4 rings (SSSR count). The monoisotopic (exact) mass is 425 g/mol. The van der Waals surface area contributed by atoms with Gasteiger partial charge in [-0.05, 0) is 38.1 Å². The quantitative estimate of drug-likeness (QED) is 0.621. The van der Waals surface area contributed by atoms with Gasteiger partial charge < -0.3 is 19.1 Å². The minimum Gasteiger partial charge on any atom is -0.497 e. The van der Waals surface area contributed by atoms with Crippen molar-refractivity contribution in [1.29, 1.82) is 0 Å². The number of aromatic nitrogens is 3. The van der Waals surface area contributed by atoms with E-state index in [1.807, 2.05) is 11.8 Å². The molecular weight excluding hydrogens is 401 g/mol. The molecule has 1 aliphatic heterocycles. The topological polar surface area (TPSA) is 84.6 Å². The smallest absolute Gasteiger partial charge is 0.227 e. The number of hydrogen-bond acceptors (Lipinski definition) is 7. The van der Waals surface area contributed by atoms with Gasteiger partial charge >= 0.3 is 0 Å². The van der Waals surface area contributed by atoms with Crippen molar-refractivity contribution >= 4 is 11.7 Å². The summed E-state index contributed by atoms with van der Waals surface area (Å²) in [6.45, 7) is 5.59. The van der Waals surface area contributed by atoms with Crippen LogP contribution in [0.2, 0.25) is 0 Å². The number of anilines is 1. The summed E-state index contributed by atoms with van der Waals surface area (Å²) in [5, 5.41) is 3.90. The van der Waals surface area contributed by atoms with Crippen molar-refractivity contribution in [3.8, 4) is 17.0 Å². The van der Waals surface area contributed by atoms with Crippen LogP contribution in [0.5, 0.6) is 5.75 Å². The van der Waals surface area contributed by atoms with Crippen molar-refractivity contribution in [3.05, 3.63) is 53.4 Å². The number of benzene rings is 1. The molecule has 8 nitrogen and oxygen atoms in total. The highest BCUT2D eigenvalue weighted by Gasteiger charge is 2.26. The molecule has 0 radical (unpaired) electrons. The molecule has 162 valence electrons. The molecule has 3 heterocycles. The number of carbonyl (C=O) groups is 1. The number of methoxy groups -OCH3 is 1. The molecule has 0 saturated carbocycles. The summed E-state index contributed by atoms with van der Waals surface area (Å²) in [6, 6.07) is 7.05. The van der Waals surface area contributed by atoms with Gasteiger partial charge in [0, 0.05) is 37.3 Å². The zero-order valence-corrected chi connectivity index (χ0v) is 17.8. The first-order valence-electron chi connectivity index (χ1n) is 10.1. The fourth-order valence-electron chi connectivity index (χ4n) is 3.72. The Hall–Kier alpha value is -3.49. The second-order valence-corrected chi connectivity index (χ2v) is 7.44. The number of halogens is 1. The van der Waals surface area contributed by atoms with E-state index in [2.05, 4.69) is 15.1 Å². The molecule has 0 bridgehead atoms. The van der Waals surface area contributed by atoms with Gasteiger partial charge in [0.15, 0.2) is 11.6 Å². The second kappa shape index (κ2) is 8.71. The van der Waals surface area contributed by atoms with E-state index in [0.717, 1.165) is 11.3 Å². The highest BCUT2D eigenvalue weighted by molar-refractivity contribution is 5.79. The Morgan fingerprint density at radius 3 is 2.45 bits per heavy atom. The van der Waals surface area contributed by atoms with Gasteiger partial charge in [0.1, 0.15) is 23.5 Å². The van der Waals surface area contributed by atoms with Crippen molar-refractivity contribution in [3.63, 3.8) is 0 Å². The summed E-state index contributed by atoms with van der Waals surface area (Å²) >= 11 is 0. The first kappa shape index (κ1) is 20.8. The zero-order valence-electron chi connectivity index (χ0n) is 17.8. The molecule has 1 amide bonds. The van der Waals surface area contributed by atoms with E-state index >= 15 is 4.39 Å². The summed E-state index contributed by atoms with van der Waals surface area (Å²) in [4.78, 5) is 24.6. The number of carbonyl (C=O) groups excluding carboxylic acids is 1. The summed E-state index contributed by atoms with van der Waals surface area (Å²) in [7, 11) is 1.58. The molecule has 0 spiro atoms. The third kappa shape index (κ3) is 4.21. The van der Waals surface area contributed by atoms with Gasteiger partial charge in [0.05, 0.1) is 19.2 Å². The zero-order chi connectivity index (χ0) is 22.0. The molecule has 1 fully saturated rings. The molecular formula is C22H24FN5O3. The normalized spacial score (nSPS) is 14.1. The van der Waals surface area contributed by atoms with Crippen molar-refractivity contribution in [1.82, 2.24) is 20.0 Å². The minimum absolute atomic E-state index is 0.0103. The first-order valence-corrected chi connectivity index (χ1v) is 10.1. The van der Waals surface area contributed by atoms with Gasteiger partial charge in [-0.1, -0.05) is 5.16 Å². The Labute approximate surface area is 179 Å². The van der Waals surface area contributed by atoms with E-state index in [9.17, 15) is 4.79 Å². The van der Waals surface area contributed by atoms with E-state index < -0.39 is 5.82 Å². The largest absolute Gasteiger partial charge is 0.497 e. The number of ether oxygens (including phenoxy) is 1. The van der Waals surface area contributed by atoms with Gasteiger partial charge in [-0.2, -0.15) is 0 Å². The predicted molar refractivity (Wildman–Crippen MR) is 112 cm³/mol. The Morgan fingerprint density at radius 2 is 1.84 bits per heavy atom. The SMILES string of the molecule is COc1ccc(-c2ncnc(N3CCN(C(=O)Cc4c(C)noc4C)CC3)c2F)cc1. The van der Waals surface area contributed by atoms with Crippen molar-refractivity contribution in [2.75, 3.05) is 38.2 Å². The van der Waals surface area contributed by atoms with E-state index in [1.54, 1.807) is 43.2 Å². The maximum Gasteiger partial charge on any atom is 0.227 e. The third-order valence-electron chi connectivity index (χ3n) is 5.58. The maximum atomic E-state index is 15.2. The van der Waals surface area contributed by atoms with Gasteiger partial charge in [0.25, 0.3) is 0 Å². The molecule has 31 heavy (non-hydrogen) atoms. The molecule has 2 aromatic heterocycles. The first-order chi connectivity index (χ1) is 15.0. The van der Waals surface area contributed by atoms with Crippen molar-refractivity contribution in [2.45, 2.75) is 20.3 Å². The highest BCUT2D eigenvalue weighted by atomic mass is 19.1. The van der Waals surface area contributed by atoms with Crippen LogP contribution in [0, 0.1) is 19.7 Å². The lowest BCUT2D eigenvalue weighted by molar-refractivity contribution is -0.130. The third-order valence-corrected chi connectivity index (χ3v) is 5.58. The molecule has 1 aromatic carbocycles. The van der Waals surface area contributed by atoms with Gasteiger partial charge in [-0.15, -0.1) is 0 Å². The number of amides is 1. The molecule has 0 unspecified atom stereocenters. The number of hydrogen-bond donors (Lipinski definition) is 0.